The predicted molar refractivity (Wildman–Crippen MR) is 112 cm³/mol. The van der Waals surface area contributed by atoms with Crippen molar-refractivity contribution in [3.05, 3.63) is 0 Å². The summed E-state index contributed by atoms with van der Waals surface area (Å²) in [6.07, 6.45) is 4.05. The summed E-state index contributed by atoms with van der Waals surface area (Å²) in [4.78, 5) is 12.2. The van der Waals surface area contributed by atoms with Crippen molar-refractivity contribution in [3.8, 4) is 0 Å². The Hall–Kier alpha value is -0.850. The summed E-state index contributed by atoms with van der Waals surface area (Å²) in [7, 11) is 1.87. The van der Waals surface area contributed by atoms with Crippen molar-refractivity contribution in [1.82, 2.24) is 25.3 Å². The number of hydrogen-bond donors (Lipinski definition) is 2. The zero-order valence-corrected chi connectivity index (χ0v) is 17.9. The van der Waals surface area contributed by atoms with E-state index in [1.807, 2.05) is 7.05 Å². The Morgan fingerprint density at radius 1 is 1.00 bits per heavy atom. The van der Waals surface area contributed by atoms with E-state index in [2.05, 4.69) is 58.0 Å². The van der Waals surface area contributed by atoms with Gasteiger partial charge in [-0.1, -0.05) is 13.3 Å². The molecule has 2 aliphatic rings. The SMILES string of the molecule is CCN1CCN(C(C)CNC(=NC)NCC(C)(C)N2CCCCC2)CC1. The van der Waals surface area contributed by atoms with Crippen molar-refractivity contribution in [2.24, 2.45) is 4.99 Å². The predicted octanol–water partition coefficient (Wildman–Crippen LogP) is 1.44. The molecule has 2 aliphatic heterocycles. The molecule has 0 aromatic carbocycles. The van der Waals surface area contributed by atoms with E-state index in [9.17, 15) is 0 Å². The number of piperidine rings is 1. The second kappa shape index (κ2) is 10.5. The molecule has 152 valence electrons. The molecule has 6 nitrogen and oxygen atoms in total. The second-order valence-corrected chi connectivity index (χ2v) is 8.49. The van der Waals surface area contributed by atoms with E-state index in [1.54, 1.807) is 0 Å². The highest BCUT2D eigenvalue weighted by atomic mass is 15.3. The summed E-state index contributed by atoms with van der Waals surface area (Å²) in [5, 5.41) is 7.08. The van der Waals surface area contributed by atoms with Crippen LogP contribution < -0.4 is 10.6 Å². The highest BCUT2D eigenvalue weighted by Gasteiger charge is 2.28. The maximum atomic E-state index is 4.43. The second-order valence-electron chi connectivity index (χ2n) is 8.49. The quantitative estimate of drug-likeness (QED) is 0.527. The first kappa shape index (κ1) is 21.5. The number of nitrogens with zero attached hydrogens (tertiary/aromatic N) is 4. The highest BCUT2D eigenvalue weighted by molar-refractivity contribution is 5.79. The van der Waals surface area contributed by atoms with Gasteiger partial charge in [0.15, 0.2) is 5.96 Å². The molecule has 0 saturated carbocycles. The van der Waals surface area contributed by atoms with Gasteiger partial charge in [-0.05, 0) is 53.2 Å². The summed E-state index contributed by atoms with van der Waals surface area (Å²) in [6, 6.07) is 0.530. The van der Waals surface area contributed by atoms with E-state index in [1.165, 1.54) is 65.1 Å². The number of hydrogen-bond acceptors (Lipinski definition) is 4. The topological polar surface area (TPSA) is 46.1 Å². The largest absolute Gasteiger partial charge is 0.355 e. The third-order valence-corrected chi connectivity index (χ3v) is 6.17. The molecule has 2 N–H and O–H groups in total. The minimum Gasteiger partial charge on any atom is -0.355 e. The minimum atomic E-state index is 0.167. The van der Waals surface area contributed by atoms with Crippen molar-refractivity contribution in [3.63, 3.8) is 0 Å². The number of nitrogens with one attached hydrogen (secondary N) is 2. The summed E-state index contributed by atoms with van der Waals surface area (Å²) in [5.41, 5.74) is 0.167. The van der Waals surface area contributed by atoms with Gasteiger partial charge < -0.3 is 15.5 Å². The van der Waals surface area contributed by atoms with E-state index in [0.29, 0.717) is 6.04 Å². The molecule has 0 aromatic rings. The van der Waals surface area contributed by atoms with Gasteiger partial charge in [0.2, 0.25) is 0 Å². The Morgan fingerprint density at radius 2 is 1.65 bits per heavy atom. The smallest absolute Gasteiger partial charge is 0.191 e. The molecule has 6 heteroatoms. The fraction of sp³-hybridized carbons (Fsp3) is 0.950. The molecule has 0 bridgehead atoms. The zero-order chi connectivity index (χ0) is 19.0. The van der Waals surface area contributed by atoms with Crippen molar-refractivity contribution in [2.75, 3.05) is 66.0 Å². The fourth-order valence-corrected chi connectivity index (χ4v) is 4.03. The number of likely N-dealkylation sites (N-methyl/N-ethyl adjacent to an activating group) is 1. The standard InChI is InChI=1S/C20H42N6/c1-6-24-12-14-25(15-13-24)18(2)16-22-19(21-5)23-17-20(3,4)26-10-8-7-9-11-26/h18H,6-17H2,1-5H3,(H2,21,22,23). The van der Waals surface area contributed by atoms with Crippen LogP contribution in [0.3, 0.4) is 0 Å². The van der Waals surface area contributed by atoms with Gasteiger partial charge in [0, 0.05) is 57.9 Å². The molecule has 26 heavy (non-hydrogen) atoms. The molecule has 1 unspecified atom stereocenters. The molecular formula is C20H42N6. The van der Waals surface area contributed by atoms with E-state index in [0.717, 1.165) is 19.0 Å². The van der Waals surface area contributed by atoms with Crippen LogP contribution in [-0.2, 0) is 0 Å². The number of likely N-dealkylation sites (tertiary alicyclic amines) is 1. The van der Waals surface area contributed by atoms with Gasteiger partial charge in [-0.15, -0.1) is 0 Å². The molecule has 2 fully saturated rings. The van der Waals surface area contributed by atoms with E-state index in [4.69, 9.17) is 0 Å². The summed E-state index contributed by atoms with van der Waals surface area (Å²) < 4.78 is 0. The normalized spacial score (nSPS) is 23.0. The molecule has 2 saturated heterocycles. The molecule has 1 atom stereocenters. The van der Waals surface area contributed by atoms with Crippen LogP contribution in [0.5, 0.6) is 0 Å². The van der Waals surface area contributed by atoms with Crippen LogP contribution in [0.4, 0.5) is 0 Å². The van der Waals surface area contributed by atoms with Gasteiger partial charge in [-0.2, -0.15) is 0 Å². The zero-order valence-electron chi connectivity index (χ0n) is 17.9. The van der Waals surface area contributed by atoms with Crippen LogP contribution >= 0.6 is 0 Å². The molecule has 0 aliphatic carbocycles. The molecular weight excluding hydrogens is 324 g/mol. The maximum absolute atomic E-state index is 4.43. The van der Waals surface area contributed by atoms with Crippen LogP contribution in [0.2, 0.25) is 0 Å². The van der Waals surface area contributed by atoms with Crippen molar-refractivity contribution < 1.29 is 0 Å². The third-order valence-electron chi connectivity index (χ3n) is 6.17. The first-order chi connectivity index (χ1) is 12.5. The van der Waals surface area contributed by atoms with Crippen LogP contribution in [0.25, 0.3) is 0 Å². The van der Waals surface area contributed by atoms with Crippen molar-refractivity contribution in [1.29, 1.82) is 0 Å². The summed E-state index contributed by atoms with van der Waals surface area (Å²) in [6.45, 7) is 19.5. The fourth-order valence-electron chi connectivity index (χ4n) is 4.03. The number of aliphatic imine (C=N–C) groups is 1. The molecule has 0 radical (unpaired) electrons. The minimum absolute atomic E-state index is 0.167. The molecule has 0 spiro atoms. The first-order valence-corrected chi connectivity index (χ1v) is 10.6. The highest BCUT2D eigenvalue weighted by Crippen LogP contribution is 2.19. The van der Waals surface area contributed by atoms with E-state index >= 15 is 0 Å². The van der Waals surface area contributed by atoms with Gasteiger partial charge in [0.1, 0.15) is 0 Å². The lowest BCUT2D eigenvalue weighted by Gasteiger charge is -2.41. The summed E-state index contributed by atoms with van der Waals surface area (Å²) >= 11 is 0. The van der Waals surface area contributed by atoms with Crippen LogP contribution in [0.15, 0.2) is 4.99 Å². The number of rotatable bonds is 7. The van der Waals surface area contributed by atoms with E-state index < -0.39 is 0 Å². The lowest BCUT2D eigenvalue weighted by Crippen LogP contribution is -2.56. The number of piperazine rings is 1. The Balaban J connectivity index is 1.71. The van der Waals surface area contributed by atoms with Crippen LogP contribution in [-0.4, -0.2) is 98.2 Å². The maximum Gasteiger partial charge on any atom is 0.191 e. The van der Waals surface area contributed by atoms with Crippen molar-refractivity contribution in [2.45, 2.75) is 58.5 Å². The van der Waals surface area contributed by atoms with Gasteiger partial charge in [-0.3, -0.25) is 14.8 Å². The molecule has 2 rings (SSSR count). The monoisotopic (exact) mass is 366 g/mol. The number of guanidine groups is 1. The Morgan fingerprint density at radius 3 is 2.23 bits per heavy atom. The van der Waals surface area contributed by atoms with Crippen molar-refractivity contribution >= 4 is 5.96 Å². The first-order valence-electron chi connectivity index (χ1n) is 10.6. The average Bonchev–Trinajstić information content (AvgIpc) is 2.68. The van der Waals surface area contributed by atoms with Gasteiger partial charge >= 0.3 is 0 Å². The van der Waals surface area contributed by atoms with Gasteiger partial charge in [0.05, 0.1) is 0 Å². The Labute approximate surface area is 161 Å². The third kappa shape index (κ3) is 6.39. The lowest BCUT2D eigenvalue weighted by molar-refractivity contribution is 0.0978. The molecule has 2 heterocycles. The average molecular weight is 367 g/mol. The summed E-state index contributed by atoms with van der Waals surface area (Å²) in [5.74, 6) is 0.925. The lowest BCUT2D eigenvalue weighted by atomic mass is 9.98. The van der Waals surface area contributed by atoms with Crippen LogP contribution in [0.1, 0.15) is 47.0 Å². The Kier molecular flexibility index (Phi) is 8.64. The molecule has 0 amide bonds. The van der Waals surface area contributed by atoms with Crippen LogP contribution in [0, 0.1) is 0 Å². The van der Waals surface area contributed by atoms with Gasteiger partial charge in [-0.25, -0.2) is 0 Å². The van der Waals surface area contributed by atoms with E-state index in [-0.39, 0.29) is 5.54 Å². The Bertz CT molecular complexity index is 422. The van der Waals surface area contributed by atoms with Gasteiger partial charge in [0.25, 0.3) is 0 Å². The molecule has 0 aromatic heterocycles.